The predicted molar refractivity (Wildman–Crippen MR) is 107 cm³/mol. The van der Waals surface area contributed by atoms with E-state index in [2.05, 4.69) is 5.32 Å². The van der Waals surface area contributed by atoms with Crippen molar-refractivity contribution < 1.29 is 48.9 Å². The van der Waals surface area contributed by atoms with E-state index < -0.39 is 91.4 Å². The van der Waals surface area contributed by atoms with Gasteiger partial charge in [0.2, 0.25) is 23.6 Å². The molecule has 33 heavy (non-hydrogen) atoms. The number of carboxylic acid groups (broad SMARTS) is 3. The number of nitrogens with two attached hydrogens (primary N) is 2. The van der Waals surface area contributed by atoms with Gasteiger partial charge in [0.05, 0.1) is 18.9 Å². The number of primary amides is 1. The SMILES string of the molecule is NC(=O)CC(NC(=O)C(CCC(=O)O)NC(=O)C1CCCN1C(=O)C(N)CC(=O)O)C(=O)O. The Morgan fingerprint density at radius 1 is 0.939 bits per heavy atom. The van der Waals surface area contributed by atoms with Gasteiger partial charge in [-0.15, -0.1) is 0 Å². The average Bonchev–Trinajstić information content (AvgIpc) is 3.18. The van der Waals surface area contributed by atoms with E-state index in [4.69, 9.17) is 26.8 Å². The molecule has 4 amide bonds. The van der Waals surface area contributed by atoms with Gasteiger partial charge < -0.3 is 42.3 Å². The largest absolute Gasteiger partial charge is 0.481 e. The van der Waals surface area contributed by atoms with Gasteiger partial charge in [-0.2, -0.15) is 0 Å². The molecule has 0 bridgehead atoms. The Bertz CT molecular complexity index is 816. The van der Waals surface area contributed by atoms with Crippen molar-refractivity contribution in [1.82, 2.24) is 15.5 Å². The number of hydrogen-bond donors (Lipinski definition) is 7. The maximum atomic E-state index is 12.8. The molecule has 0 radical (unpaired) electrons. The molecule has 0 aliphatic carbocycles. The molecule has 15 nitrogen and oxygen atoms in total. The van der Waals surface area contributed by atoms with Crippen LogP contribution in [0.4, 0.5) is 0 Å². The Morgan fingerprint density at radius 2 is 1.58 bits per heavy atom. The number of amides is 4. The monoisotopic (exact) mass is 473 g/mol. The molecular weight excluding hydrogens is 446 g/mol. The Labute approximate surface area is 187 Å². The van der Waals surface area contributed by atoms with E-state index in [0.29, 0.717) is 6.42 Å². The Hall–Kier alpha value is -3.75. The number of aliphatic carboxylic acids is 3. The summed E-state index contributed by atoms with van der Waals surface area (Å²) in [5.74, 6) is -7.81. The van der Waals surface area contributed by atoms with Crippen molar-refractivity contribution in [1.29, 1.82) is 0 Å². The fourth-order valence-electron chi connectivity index (χ4n) is 3.27. The fourth-order valence-corrected chi connectivity index (χ4v) is 3.27. The van der Waals surface area contributed by atoms with E-state index in [1.807, 2.05) is 5.32 Å². The molecule has 1 rings (SSSR count). The summed E-state index contributed by atoms with van der Waals surface area (Å²) in [6, 6.07) is -5.66. The van der Waals surface area contributed by atoms with Gasteiger partial charge in [0, 0.05) is 13.0 Å². The van der Waals surface area contributed by atoms with Gasteiger partial charge in [0.25, 0.3) is 0 Å². The first-order valence-corrected chi connectivity index (χ1v) is 9.95. The summed E-state index contributed by atoms with van der Waals surface area (Å²) in [6.45, 7) is 0.121. The van der Waals surface area contributed by atoms with Crippen LogP contribution in [0.2, 0.25) is 0 Å². The second kappa shape index (κ2) is 12.3. The zero-order valence-electron chi connectivity index (χ0n) is 17.6. The quantitative estimate of drug-likeness (QED) is 0.138. The Kier molecular flexibility index (Phi) is 10.2. The molecule has 184 valence electrons. The number of rotatable bonds is 13. The summed E-state index contributed by atoms with van der Waals surface area (Å²) in [6.07, 6.45) is -1.76. The third kappa shape index (κ3) is 8.72. The third-order valence-electron chi connectivity index (χ3n) is 4.85. The van der Waals surface area contributed by atoms with Crippen LogP contribution in [-0.2, 0) is 33.6 Å². The summed E-state index contributed by atoms with van der Waals surface area (Å²) >= 11 is 0. The molecule has 15 heteroatoms. The number of carbonyl (C=O) groups excluding carboxylic acids is 4. The van der Waals surface area contributed by atoms with E-state index >= 15 is 0 Å². The zero-order chi connectivity index (χ0) is 25.3. The number of carboxylic acids is 3. The molecule has 4 unspecified atom stereocenters. The van der Waals surface area contributed by atoms with Crippen molar-refractivity contribution in [3.05, 3.63) is 0 Å². The molecule has 0 saturated carbocycles. The Balaban J connectivity index is 2.96. The molecule has 4 atom stereocenters. The lowest BCUT2D eigenvalue weighted by Gasteiger charge is -2.28. The number of likely N-dealkylation sites (tertiary alicyclic amines) is 1. The summed E-state index contributed by atoms with van der Waals surface area (Å²) < 4.78 is 0. The van der Waals surface area contributed by atoms with Crippen molar-refractivity contribution in [3.8, 4) is 0 Å². The van der Waals surface area contributed by atoms with Crippen LogP contribution < -0.4 is 22.1 Å². The van der Waals surface area contributed by atoms with Crippen LogP contribution >= 0.6 is 0 Å². The summed E-state index contributed by atoms with van der Waals surface area (Å²) in [5, 5.41) is 31.2. The topological polar surface area (TPSA) is 260 Å². The van der Waals surface area contributed by atoms with E-state index in [0.717, 1.165) is 4.90 Å². The maximum absolute atomic E-state index is 12.8. The van der Waals surface area contributed by atoms with Gasteiger partial charge in [-0.3, -0.25) is 28.8 Å². The number of nitrogens with zero attached hydrogens (tertiary/aromatic N) is 1. The van der Waals surface area contributed by atoms with Gasteiger partial charge >= 0.3 is 17.9 Å². The summed E-state index contributed by atoms with van der Waals surface area (Å²) in [4.78, 5) is 82.9. The van der Waals surface area contributed by atoms with E-state index in [9.17, 15) is 33.6 Å². The molecule has 1 heterocycles. The van der Waals surface area contributed by atoms with Crippen LogP contribution in [0.15, 0.2) is 0 Å². The minimum atomic E-state index is -1.70. The third-order valence-corrected chi connectivity index (χ3v) is 4.85. The second-order valence-corrected chi connectivity index (χ2v) is 7.46. The average molecular weight is 473 g/mol. The molecule has 1 fully saturated rings. The summed E-state index contributed by atoms with van der Waals surface area (Å²) in [7, 11) is 0. The van der Waals surface area contributed by atoms with E-state index in [1.165, 1.54) is 0 Å². The van der Waals surface area contributed by atoms with Crippen molar-refractivity contribution in [2.75, 3.05) is 6.54 Å². The first-order chi connectivity index (χ1) is 15.3. The highest BCUT2D eigenvalue weighted by atomic mass is 16.4. The zero-order valence-corrected chi connectivity index (χ0v) is 17.6. The van der Waals surface area contributed by atoms with Crippen molar-refractivity contribution in [2.24, 2.45) is 11.5 Å². The molecule has 1 aliphatic heterocycles. The highest BCUT2D eigenvalue weighted by Gasteiger charge is 2.38. The highest BCUT2D eigenvalue weighted by molar-refractivity contribution is 5.95. The van der Waals surface area contributed by atoms with Gasteiger partial charge in [0.1, 0.15) is 18.1 Å². The number of nitrogens with one attached hydrogen (secondary N) is 2. The molecule has 0 aromatic heterocycles. The molecule has 0 aromatic carbocycles. The van der Waals surface area contributed by atoms with Gasteiger partial charge in [-0.05, 0) is 19.3 Å². The van der Waals surface area contributed by atoms with Gasteiger partial charge in [-0.25, -0.2) is 4.79 Å². The Morgan fingerprint density at radius 3 is 2.09 bits per heavy atom. The minimum absolute atomic E-state index is 0.121. The predicted octanol–water partition coefficient (Wildman–Crippen LogP) is -3.43. The van der Waals surface area contributed by atoms with Crippen LogP contribution in [-0.4, -0.2) is 92.5 Å². The van der Waals surface area contributed by atoms with Crippen LogP contribution in [0.25, 0.3) is 0 Å². The van der Waals surface area contributed by atoms with Crippen molar-refractivity contribution in [2.45, 2.75) is 62.7 Å². The molecule has 9 N–H and O–H groups in total. The van der Waals surface area contributed by atoms with Gasteiger partial charge in [0.15, 0.2) is 0 Å². The normalized spacial score (nSPS) is 18.0. The molecule has 1 aliphatic rings. The van der Waals surface area contributed by atoms with Crippen LogP contribution in [0, 0.1) is 0 Å². The number of hydrogen-bond acceptors (Lipinski definition) is 8. The highest BCUT2D eigenvalue weighted by Crippen LogP contribution is 2.19. The molecular formula is C18H27N5O10. The van der Waals surface area contributed by atoms with Crippen LogP contribution in [0.3, 0.4) is 0 Å². The smallest absolute Gasteiger partial charge is 0.326 e. The van der Waals surface area contributed by atoms with Crippen molar-refractivity contribution in [3.63, 3.8) is 0 Å². The number of carbonyl (C=O) groups is 7. The standard InChI is InChI=1S/C18H27N5O10/c19-8(6-14(27)28)17(31)23-5-1-2-11(23)16(30)21-9(3-4-13(25)26)15(29)22-10(18(32)33)7-12(20)24/h8-11H,1-7,19H2,(H2,20,24)(H,21,30)(H,22,29)(H,25,26)(H,27,28)(H,32,33). The first-order valence-electron chi connectivity index (χ1n) is 9.95. The lowest BCUT2D eigenvalue weighted by Crippen LogP contribution is -2.57. The summed E-state index contributed by atoms with van der Waals surface area (Å²) in [5.41, 5.74) is 10.5. The fraction of sp³-hybridized carbons (Fsp3) is 0.611. The van der Waals surface area contributed by atoms with Crippen molar-refractivity contribution >= 4 is 41.5 Å². The van der Waals surface area contributed by atoms with Crippen LogP contribution in [0.1, 0.15) is 38.5 Å². The first kappa shape index (κ1) is 27.3. The minimum Gasteiger partial charge on any atom is -0.481 e. The molecule has 1 saturated heterocycles. The lowest BCUT2D eigenvalue weighted by molar-refractivity contribution is -0.145. The van der Waals surface area contributed by atoms with E-state index in [-0.39, 0.29) is 13.0 Å². The molecule has 0 spiro atoms. The molecule has 0 aromatic rings. The van der Waals surface area contributed by atoms with E-state index in [1.54, 1.807) is 0 Å². The second-order valence-electron chi connectivity index (χ2n) is 7.46. The lowest BCUT2D eigenvalue weighted by atomic mass is 10.1. The van der Waals surface area contributed by atoms with Gasteiger partial charge in [-0.1, -0.05) is 0 Å². The maximum Gasteiger partial charge on any atom is 0.326 e. The van der Waals surface area contributed by atoms with Crippen LogP contribution in [0.5, 0.6) is 0 Å².